The number of hydrogen-bond donors (Lipinski definition) is 0. The van der Waals surface area contributed by atoms with Crippen molar-refractivity contribution in [2.75, 3.05) is 20.1 Å². The summed E-state index contributed by atoms with van der Waals surface area (Å²) in [5, 5.41) is 4.05. The Hall–Kier alpha value is -2.44. The Morgan fingerprint density at radius 3 is 2.96 bits per heavy atom. The van der Waals surface area contributed by atoms with Crippen molar-refractivity contribution in [2.45, 2.75) is 37.8 Å². The molecule has 1 aromatic heterocycles. The summed E-state index contributed by atoms with van der Waals surface area (Å²) in [6, 6.07) is 5.63. The van der Waals surface area contributed by atoms with Crippen LogP contribution in [0.1, 0.15) is 31.4 Å². The van der Waals surface area contributed by atoms with E-state index in [1.807, 2.05) is 23.1 Å². The van der Waals surface area contributed by atoms with Gasteiger partial charge in [-0.15, -0.1) is 0 Å². The van der Waals surface area contributed by atoms with Crippen LogP contribution in [0.4, 0.5) is 0 Å². The third kappa shape index (κ3) is 3.23. The molecular weight excluding hydrogens is 320 g/mol. The number of carbonyl (C=O) groups excluding carboxylic acids is 2. The van der Waals surface area contributed by atoms with Gasteiger partial charge in [-0.05, 0) is 25.0 Å². The van der Waals surface area contributed by atoms with E-state index in [9.17, 15) is 9.59 Å². The first-order chi connectivity index (χ1) is 12.1. The maximum absolute atomic E-state index is 12.6. The van der Waals surface area contributed by atoms with Crippen LogP contribution in [0.5, 0.6) is 0 Å². The average Bonchev–Trinajstić information content (AvgIpc) is 3.28. The van der Waals surface area contributed by atoms with E-state index in [2.05, 4.69) is 10.1 Å². The van der Waals surface area contributed by atoms with Gasteiger partial charge in [-0.1, -0.05) is 11.2 Å². The summed E-state index contributed by atoms with van der Waals surface area (Å²) in [6.45, 7) is 1.65. The molecular formula is C18H22N4O3. The molecule has 0 aromatic carbocycles. The first-order valence-electron chi connectivity index (χ1n) is 8.76. The molecule has 0 N–H and O–H groups in total. The van der Waals surface area contributed by atoms with Gasteiger partial charge < -0.3 is 14.6 Å². The van der Waals surface area contributed by atoms with E-state index in [1.165, 1.54) is 0 Å². The normalized spacial score (nSPS) is 25.0. The first-order valence-corrected chi connectivity index (χ1v) is 8.76. The van der Waals surface area contributed by atoms with E-state index in [1.54, 1.807) is 18.1 Å². The Balaban J connectivity index is 1.35. The summed E-state index contributed by atoms with van der Waals surface area (Å²) in [5.74, 6) is 0.296. The zero-order valence-corrected chi connectivity index (χ0v) is 14.4. The van der Waals surface area contributed by atoms with E-state index in [4.69, 9.17) is 4.84 Å². The molecule has 1 atom stereocenters. The van der Waals surface area contributed by atoms with Crippen molar-refractivity contribution in [1.29, 1.82) is 0 Å². The van der Waals surface area contributed by atoms with Crippen molar-refractivity contribution in [1.82, 2.24) is 14.8 Å². The Morgan fingerprint density at radius 2 is 2.24 bits per heavy atom. The highest BCUT2D eigenvalue weighted by atomic mass is 16.7. The number of oxime groups is 1. The maximum Gasteiger partial charge on any atom is 0.271 e. The summed E-state index contributed by atoms with van der Waals surface area (Å²) >= 11 is 0. The Morgan fingerprint density at radius 1 is 1.40 bits per heavy atom. The maximum atomic E-state index is 12.6. The molecule has 0 radical (unpaired) electrons. The van der Waals surface area contributed by atoms with Gasteiger partial charge >= 0.3 is 0 Å². The van der Waals surface area contributed by atoms with Crippen LogP contribution < -0.4 is 0 Å². The van der Waals surface area contributed by atoms with Crippen LogP contribution in [0.3, 0.4) is 0 Å². The van der Waals surface area contributed by atoms with Crippen LogP contribution in [0.15, 0.2) is 29.6 Å². The van der Waals surface area contributed by atoms with Gasteiger partial charge in [-0.3, -0.25) is 14.6 Å². The predicted molar refractivity (Wildman–Crippen MR) is 90.5 cm³/mol. The largest absolute Gasteiger partial charge is 0.386 e. The number of aromatic nitrogens is 1. The average molecular weight is 342 g/mol. The van der Waals surface area contributed by atoms with E-state index < -0.39 is 5.60 Å². The lowest BCUT2D eigenvalue weighted by Gasteiger charge is -2.22. The molecule has 2 aliphatic heterocycles. The standard InChI is InChI=1S/C18H22N4O3/c1-21(11-14-4-2-3-8-19-14)17(24)15-10-18(25-20-15)7-9-22(12-18)16(23)13-5-6-13/h2-4,8,13H,5-7,9-12H2,1H3. The molecule has 3 heterocycles. The molecule has 3 aliphatic rings. The fourth-order valence-corrected chi connectivity index (χ4v) is 3.50. The Bertz CT molecular complexity index is 716. The van der Waals surface area contributed by atoms with Gasteiger partial charge in [0.15, 0.2) is 5.60 Å². The fraction of sp³-hybridized carbons (Fsp3) is 0.556. The topological polar surface area (TPSA) is 75.1 Å². The second kappa shape index (κ2) is 6.13. The van der Waals surface area contributed by atoms with Crippen LogP contribution in [-0.4, -0.2) is 58.0 Å². The van der Waals surface area contributed by atoms with Crippen LogP contribution in [0, 0.1) is 5.92 Å². The lowest BCUT2D eigenvalue weighted by atomic mass is 9.96. The molecule has 7 nitrogen and oxygen atoms in total. The zero-order chi connectivity index (χ0) is 17.4. The Kier molecular flexibility index (Phi) is 3.94. The molecule has 4 rings (SSSR count). The predicted octanol–water partition coefficient (Wildman–Crippen LogP) is 1.20. The Labute approximate surface area is 146 Å². The molecule has 7 heteroatoms. The minimum absolute atomic E-state index is 0.144. The number of likely N-dealkylation sites (tertiary alicyclic amines) is 1. The molecule has 1 saturated heterocycles. The van der Waals surface area contributed by atoms with Gasteiger partial charge in [-0.25, -0.2) is 0 Å². The number of pyridine rings is 1. The summed E-state index contributed by atoms with van der Waals surface area (Å²) in [5.41, 5.74) is 0.746. The third-order valence-corrected chi connectivity index (χ3v) is 5.11. The molecule has 1 unspecified atom stereocenters. The fourth-order valence-electron chi connectivity index (χ4n) is 3.50. The molecule has 1 aliphatic carbocycles. The molecule has 132 valence electrons. The minimum Gasteiger partial charge on any atom is -0.386 e. The third-order valence-electron chi connectivity index (χ3n) is 5.11. The smallest absolute Gasteiger partial charge is 0.271 e. The molecule has 0 bridgehead atoms. The van der Waals surface area contributed by atoms with Gasteiger partial charge in [0, 0.05) is 38.5 Å². The van der Waals surface area contributed by atoms with Crippen molar-refractivity contribution in [3.8, 4) is 0 Å². The summed E-state index contributed by atoms with van der Waals surface area (Å²) in [4.78, 5) is 38.2. The number of rotatable bonds is 4. The lowest BCUT2D eigenvalue weighted by molar-refractivity contribution is -0.132. The zero-order valence-electron chi connectivity index (χ0n) is 14.4. The number of nitrogens with zero attached hydrogens (tertiary/aromatic N) is 4. The van der Waals surface area contributed by atoms with Crippen LogP contribution in [0.2, 0.25) is 0 Å². The molecule has 2 fully saturated rings. The van der Waals surface area contributed by atoms with Crippen LogP contribution in [-0.2, 0) is 21.0 Å². The van der Waals surface area contributed by atoms with E-state index in [-0.39, 0.29) is 17.7 Å². The molecule has 1 saturated carbocycles. The molecule has 25 heavy (non-hydrogen) atoms. The van der Waals surface area contributed by atoms with E-state index in [0.29, 0.717) is 31.8 Å². The van der Waals surface area contributed by atoms with Gasteiger partial charge in [0.25, 0.3) is 5.91 Å². The van der Waals surface area contributed by atoms with Crippen LogP contribution in [0.25, 0.3) is 0 Å². The van der Waals surface area contributed by atoms with E-state index in [0.717, 1.165) is 25.0 Å². The highest BCUT2D eigenvalue weighted by molar-refractivity contribution is 6.39. The summed E-state index contributed by atoms with van der Waals surface area (Å²) in [7, 11) is 1.74. The molecule has 1 aromatic rings. The summed E-state index contributed by atoms with van der Waals surface area (Å²) in [6.07, 6.45) is 4.91. The van der Waals surface area contributed by atoms with Gasteiger partial charge in [0.2, 0.25) is 5.91 Å². The van der Waals surface area contributed by atoms with Gasteiger partial charge in [0.05, 0.1) is 18.8 Å². The first kappa shape index (κ1) is 16.1. The van der Waals surface area contributed by atoms with Gasteiger partial charge in [0.1, 0.15) is 5.71 Å². The van der Waals surface area contributed by atoms with Crippen LogP contribution >= 0.6 is 0 Å². The monoisotopic (exact) mass is 342 g/mol. The van der Waals surface area contributed by atoms with Crippen molar-refractivity contribution >= 4 is 17.5 Å². The van der Waals surface area contributed by atoms with Crippen molar-refractivity contribution in [3.63, 3.8) is 0 Å². The number of amides is 2. The van der Waals surface area contributed by atoms with Crippen molar-refractivity contribution in [3.05, 3.63) is 30.1 Å². The highest BCUT2D eigenvalue weighted by Gasteiger charge is 2.49. The van der Waals surface area contributed by atoms with Crippen molar-refractivity contribution < 1.29 is 14.4 Å². The lowest BCUT2D eigenvalue weighted by Crippen LogP contribution is -2.39. The SMILES string of the molecule is CN(Cc1ccccn1)C(=O)C1=NOC2(CCN(C(=O)C3CC3)C2)C1. The second-order valence-electron chi connectivity index (χ2n) is 7.26. The highest BCUT2D eigenvalue weighted by Crippen LogP contribution is 2.38. The molecule has 1 spiro atoms. The van der Waals surface area contributed by atoms with Crippen molar-refractivity contribution in [2.24, 2.45) is 11.1 Å². The minimum atomic E-state index is -0.513. The van der Waals surface area contributed by atoms with Gasteiger partial charge in [-0.2, -0.15) is 0 Å². The number of carbonyl (C=O) groups is 2. The quantitative estimate of drug-likeness (QED) is 0.824. The summed E-state index contributed by atoms with van der Waals surface area (Å²) < 4.78 is 0. The van der Waals surface area contributed by atoms with E-state index >= 15 is 0 Å². The number of hydrogen-bond acceptors (Lipinski definition) is 5. The molecule has 2 amide bonds. The second-order valence-corrected chi connectivity index (χ2v) is 7.26.